The number of hydrogen-bond donors (Lipinski definition) is 1. The minimum absolute atomic E-state index is 0.132. The molecular weight excluding hydrogens is 289 g/mol. The van der Waals surface area contributed by atoms with Gasteiger partial charge in [-0.25, -0.2) is 0 Å². The molecule has 0 bridgehead atoms. The van der Waals surface area contributed by atoms with Gasteiger partial charge in [0.15, 0.2) is 4.77 Å². The number of alkyl halides is 3. The normalized spacial score (nSPS) is 11.6. The molecule has 20 heavy (non-hydrogen) atoms. The van der Waals surface area contributed by atoms with Crippen molar-refractivity contribution in [1.82, 2.24) is 9.55 Å². The molecule has 0 spiro atoms. The molecule has 1 heterocycles. The van der Waals surface area contributed by atoms with E-state index in [4.69, 9.17) is 12.2 Å². The molecule has 0 unspecified atom stereocenters. The molecule has 0 aliphatic heterocycles. The van der Waals surface area contributed by atoms with Crippen LogP contribution >= 0.6 is 12.2 Å². The lowest BCUT2D eigenvalue weighted by atomic mass is 10.1. The largest absolute Gasteiger partial charge is 0.431 e. The highest BCUT2D eigenvalue weighted by Gasteiger charge is 2.32. The molecule has 0 fully saturated rings. The number of benzene rings is 1. The molecule has 0 aliphatic carbocycles. The monoisotopic (exact) mass is 300 g/mol. The average Bonchev–Trinajstić information content (AvgIpc) is 2.34. The van der Waals surface area contributed by atoms with Crippen molar-refractivity contribution in [2.24, 2.45) is 0 Å². The van der Waals surface area contributed by atoms with Gasteiger partial charge in [-0.1, -0.05) is 29.8 Å². The van der Waals surface area contributed by atoms with Crippen LogP contribution in [0.5, 0.6) is 0 Å². The maximum absolute atomic E-state index is 12.5. The Morgan fingerprint density at radius 1 is 1.25 bits per heavy atom. The number of aromatic amines is 1. The summed E-state index contributed by atoms with van der Waals surface area (Å²) in [4.78, 5) is 13.8. The first-order valence-corrected chi connectivity index (χ1v) is 6.15. The molecule has 0 saturated carbocycles. The first-order valence-electron chi connectivity index (χ1n) is 5.74. The van der Waals surface area contributed by atoms with Crippen molar-refractivity contribution in [3.8, 4) is 0 Å². The van der Waals surface area contributed by atoms with E-state index in [2.05, 4.69) is 0 Å². The summed E-state index contributed by atoms with van der Waals surface area (Å²) in [5, 5.41) is 0. The summed E-state index contributed by atoms with van der Waals surface area (Å²) in [5.41, 5.74) is -0.0649. The van der Waals surface area contributed by atoms with Crippen molar-refractivity contribution < 1.29 is 13.2 Å². The summed E-state index contributed by atoms with van der Waals surface area (Å²) in [5.74, 6) is 0. The summed E-state index contributed by atoms with van der Waals surface area (Å²) >= 11 is 4.83. The van der Waals surface area contributed by atoms with Gasteiger partial charge in [-0.15, -0.1) is 0 Å². The molecule has 0 aliphatic rings. The molecule has 2 aromatic rings. The molecule has 2 rings (SSSR count). The van der Waals surface area contributed by atoms with E-state index in [-0.39, 0.29) is 11.3 Å². The van der Waals surface area contributed by atoms with Crippen LogP contribution in [-0.4, -0.2) is 9.55 Å². The van der Waals surface area contributed by atoms with Crippen LogP contribution in [0.15, 0.2) is 35.1 Å². The van der Waals surface area contributed by atoms with E-state index in [1.54, 1.807) is 12.1 Å². The van der Waals surface area contributed by atoms with Gasteiger partial charge in [0.1, 0.15) is 5.69 Å². The Hall–Kier alpha value is -1.89. The van der Waals surface area contributed by atoms with Gasteiger partial charge >= 0.3 is 6.18 Å². The average molecular weight is 300 g/mol. The number of nitrogens with zero attached hydrogens (tertiary/aromatic N) is 1. The molecule has 106 valence electrons. The Bertz CT molecular complexity index is 698. The van der Waals surface area contributed by atoms with Crippen LogP contribution in [0.1, 0.15) is 16.8 Å². The van der Waals surface area contributed by atoms with Crippen molar-refractivity contribution >= 4 is 12.2 Å². The number of nitrogens with one attached hydrogen (secondary N) is 1. The van der Waals surface area contributed by atoms with E-state index in [1.165, 1.54) is 0 Å². The van der Waals surface area contributed by atoms with Crippen LogP contribution < -0.4 is 5.56 Å². The standard InChI is InChI=1S/C13H11F3N2OS/c1-8-2-4-9(5-3-8)7-18-11(19)6-10(13(14,15)16)17-12(18)20/h2-6H,7H2,1H3,(H,17,20). The molecule has 1 aromatic carbocycles. The van der Waals surface area contributed by atoms with E-state index in [0.717, 1.165) is 15.7 Å². The molecule has 0 radical (unpaired) electrons. The number of aryl methyl sites for hydroxylation is 1. The summed E-state index contributed by atoms with van der Waals surface area (Å²) in [6.07, 6.45) is -4.62. The highest BCUT2D eigenvalue weighted by Crippen LogP contribution is 2.26. The molecule has 3 nitrogen and oxygen atoms in total. The van der Waals surface area contributed by atoms with Crippen molar-refractivity contribution in [3.05, 3.63) is 62.3 Å². The number of rotatable bonds is 2. The number of hydrogen-bond acceptors (Lipinski definition) is 2. The van der Waals surface area contributed by atoms with Gasteiger partial charge < -0.3 is 4.98 Å². The zero-order chi connectivity index (χ0) is 14.9. The van der Waals surface area contributed by atoms with Gasteiger partial charge in [-0.3, -0.25) is 9.36 Å². The van der Waals surface area contributed by atoms with Gasteiger partial charge in [0, 0.05) is 6.07 Å². The zero-order valence-corrected chi connectivity index (χ0v) is 11.3. The predicted octanol–water partition coefficient (Wildman–Crippen LogP) is 3.28. The van der Waals surface area contributed by atoms with Crippen LogP contribution in [0, 0.1) is 11.7 Å². The first-order chi connectivity index (χ1) is 9.27. The summed E-state index contributed by atoms with van der Waals surface area (Å²) in [6, 6.07) is 7.83. The molecule has 1 aromatic heterocycles. The van der Waals surface area contributed by atoms with Crippen molar-refractivity contribution in [3.63, 3.8) is 0 Å². The lowest BCUT2D eigenvalue weighted by molar-refractivity contribution is -0.141. The van der Waals surface area contributed by atoms with Gasteiger partial charge in [0.25, 0.3) is 5.56 Å². The lowest BCUT2D eigenvalue weighted by Crippen LogP contribution is -2.25. The zero-order valence-electron chi connectivity index (χ0n) is 10.5. The molecule has 0 saturated heterocycles. The van der Waals surface area contributed by atoms with Crippen molar-refractivity contribution in [2.75, 3.05) is 0 Å². The third-order valence-electron chi connectivity index (χ3n) is 2.79. The topological polar surface area (TPSA) is 37.8 Å². The minimum Gasteiger partial charge on any atom is -0.328 e. The number of H-pyrrole nitrogens is 1. The van der Waals surface area contributed by atoms with E-state index in [0.29, 0.717) is 6.07 Å². The third-order valence-corrected chi connectivity index (χ3v) is 3.11. The smallest absolute Gasteiger partial charge is 0.328 e. The summed E-state index contributed by atoms with van der Waals surface area (Å²) in [6.45, 7) is 2.05. The number of halogens is 3. The summed E-state index contributed by atoms with van der Waals surface area (Å²) in [7, 11) is 0. The molecule has 0 amide bonds. The Morgan fingerprint density at radius 2 is 1.85 bits per heavy atom. The first kappa shape index (κ1) is 14.5. The van der Waals surface area contributed by atoms with Crippen LogP contribution in [0.25, 0.3) is 0 Å². The maximum atomic E-state index is 12.5. The van der Waals surface area contributed by atoms with Gasteiger partial charge in [-0.05, 0) is 24.7 Å². The Morgan fingerprint density at radius 3 is 2.35 bits per heavy atom. The molecule has 0 atom stereocenters. The van der Waals surface area contributed by atoms with Crippen molar-refractivity contribution in [1.29, 1.82) is 0 Å². The second-order valence-electron chi connectivity index (χ2n) is 4.40. The van der Waals surface area contributed by atoms with E-state index in [1.807, 2.05) is 24.0 Å². The molecule has 7 heteroatoms. The van der Waals surface area contributed by atoms with Crippen LogP contribution in [0.4, 0.5) is 13.2 Å². The highest BCUT2D eigenvalue weighted by molar-refractivity contribution is 7.71. The Labute approximate surface area is 117 Å². The minimum atomic E-state index is -4.62. The second-order valence-corrected chi connectivity index (χ2v) is 4.78. The molecule has 1 N–H and O–H groups in total. The van der Waals surface area contributed by atoms with Gasteiger partial charge in [0.05, 0.1) is 6.54 Å². The summed E-state index contributed by atoms with van der Waals surface area (Å²) < 4.78 is 38.4. The quantitative estimate of drug-likeness (QED) is 0.864. The number of aromatic nitrogens is 2. The Balaban J connectivity index is 2.41. The van der Waals surface area contributed by atoms with Crippen molar-refractivity contribution in [2.45, 2.75) is 19.6 Å². The maximum Gasteiger partial charge on any atom is 0.431 e. The third kappa shape index (κ3) is 3.16. The van der Waals surface area contributed by atoms with Crippen LogP contribution in [0.2, 0.25) is 0 Å². The Kier molecular flexibility index (Phi) is 3.80. The molecular formula is C13H11F3N2OS. The van der Waals surface area contributed by atoms with Gasteiger partial charge in [-0.2, -0.15) is 13.2 Å². The predicted molar refractivity (Wildman–Crippen MR) is 71.2 cm³/mol. The fourth-order valence-electron chi connectivity index (χ4n) is 1.70. The fraction of sp³-hybridized carbons (Fsp3) is 0.231. The lowest BCUT2D eigenvalue weighted by Gasteiger charge is -2.10. The van der Waals surface area contributed by atoms with Gasteiger partial charge in [0.2, 0.25) is 0 Å². The second kappa shape index (κ2) is 5.24. The van der Waals surface area contributed by atoms with E-state index in [9.17, 15) is 18.0 Å². The van der Waals surface area contributed by atoms with Crippen LogP contribution in [-0.2, 0) is 12.7 Å². The SMILES string of the molecule is Cc1ccc(Cn2c(=O)cc(C(F)(F)F)[nH]c2=S)cc1. The van der Waals surface area contributed by atoms with Crippen LogP contribution in [0.3, 0.4) is 0 Å². The fourth-order valence-corrected chi connectivity index (χ4v) is 1.96. The van der Waals surface area contributed by atoms with E-state index < -0.39 is 17.4 Å². The highest BCUT2D eigenvalue weighted by atomic mass is 32.1. The van der Waals surface area contributed by atoms with E-state index >= 15 is 0 Å².